The molecule has 8 heteroatoms. The third kappa shape index (κ3) is 3.61. The van der Waals surface area contributed by atoms with Crippen LogP contribution in [0.3, 0.4) is 0 Å². The average molecular weight is 389 g/mol. The number of anilines is 1. The number of sulfonamides is 1. The summed E-state index contributed by atoms with van der Waals surface area (Å²) >= 11 is 1.23. The second-order valence-corrected chi connectivity index (χ2v) is 6.30. The highest BCUT2D eigenvalue weighted by molar-refractivity contribution is 14.1. The minimum Gasteiger partial charge on any atom is -0.282 e. The van der Waals surface area contributed by atoms with E-state index in [2.05, 4.69) is 0 Å². The van der Waals surface area contributed by atoms with E-state index in [1.807, 2.05) is 4.72 Å². The molecule has 1 aromatic rings. The molecule has 0 aliphatic rings. The quantitative estimate of drug-likeness (QED) is 0.622. The van der Waals surface area contributed by atoms with Crippen molar-refractivity contribution in [1.29, 1.82) is 0 Å². The maximum atomic E-state index is 13.8. The van der Waals surface area contributed by atoms with E-state index in [1.54, 1.807) is 6.92 Å². The fourth-order valence-electron chi connectivity index (χ4n) is 1.30. The van der Waals surface area contributed by atoms with E-state index >= 15 is 0 Å². The minimum absolute atomic E-state index is 0.183. The molecule has 0 saturated carbocycles. The Hall–Kier alpha value is -0.770. The topological polar surface area (TPSA) is 63.2 Å². The number of halogens is 3. The zero-order valence-corrected chi connectivity index (χ0v) is 12.3. The molecule has 0 aliphatic carbocycles. The predicted octanol–water partition coefficient (Wildman–Crippen LogP) is 2.69. The minimum atomic E-state index is -3.69. The highest BCUT2D eigenvalue weighted by Gasteiger charge is 2.20. The average Bonchev–Trinajstić information content (AvgIpc) is 2.21. The van der Waals surface area contributed by atoms with E-state index in [4.69, 9.17) is 0 Å². The van der Waals surface area contributed by atoms with Crippen molar-refractivity contribution in [1.82, 2.24) is 0 Å². The van der Waals surface area contributed by atoms with Gasteiger partial charge in [-0.25, -0.2) is 17.2 Å². The Balaban J connectivity index is 3.21. The summed E-state index contributed by atoms with van der Waals surface area (Å²) in [6, 6.07) is 1.79. The van der Waals surface area contributed by atoms with Gasteiger partial charge in [-0.05, 0) is 18.6 Å². The first-order valence-corrected chi connectivity index (χ1v) is 7.70. The van der Waals surface area contributed by atoms with E-state index in [1.165, 1.54) is 22.6 Å². The third-order valence-electron chi connectivity index (χ3n) is 2.03. The smallest absolute Gasteiger partial charge is 0.232 e. The summed E-state index contributed by atoms with van der Waals surface area (Å²) in [5.74, 6) is -2.41. The van der Waals surface area contributed by atoms with Crippen molar-refractivity contribution < 1.29 is 22.0 Å². The summed E-state index contributed by atoms with van der Waals surface area (Å²) in [7, 11) is -3.69. The lowest BCUT2D eigenvalue weighted by atomic mass is 10.2. The van der Waals surface area contributed by atoms with Crippen LogP contribution in [0.2, 0.25) is 0 Å². The zero-order chi connectivity index (χ0) is 13.9. The summed E-state index contributed by atoms with van der Waals surface area (Å²) in [5, 5.41) is 0. The molecule has 0 radical (unpaired) electrons. The highest BCUT2D eigenvalue weighted by atomic mass is 127. The van der Waals surface area contributed by atoms with Gasteiger partial charge in [0.15, 0.2) is 5.82 Å². The summed E-state index contributed by atoms with van der Waals surface area (Å²) in [4.78, 5) is 11.1. The van der Waals surface area contributed by atoms with E-state index < -0.39 is 36.7 Å². The molecule has 0 fully saturated rings. The maximum Gasteiger partial charge on any atom is 0.232 e. The van der Waals surface area contributed by atoms with Crippen LogP contribution in [0.4, 0.5) is 14.5 Å². The SMILES string of the molecule is CCCS(=O)(=O)Nc1ccc(F)c(C(=O)I)c1F. The van der Waals surface area contributed by atoms with Gasteiger partial charge < -0.3 is 0 Å². The van der Waals surface area contributed by atoms with Gasteiger partial charge in [-0.1, -0.05) is 6.92 Å². The predicted molar refractivity (Wildman–Crippen MR) is 72.4 cm³/mol. The largest absolute Gasteiger partial charge is 0.282 e. The van der Waals surface area contributed by atoms with Crippen molar-refractivity contribution >= 4 is 42.1 Å². The van der Waals surface area contributed by atoms with Crippen LogP contribution in [0, 0.1) is 11.6 Å². The number of nitrogens with one attached hydrogen (secondary N) is 1. The van der Waals surface area contributed by atoms with Gasteiger partial charge in [0.05, 0.1) is 11.4 Å². The van der Waals surface area contributed by atoms with Gasteiger partial charge in [0.25, 0.3) is 0 Å². The lowest BCUT2D eigenvalue weighted by Gasteiger charge is -2.10. The van der Waals surface area contributed by atoms with Crippen LogP contribution in [0.25, 0.3) is 0 Å². The van der Waals surface area contributed by atoms with Gasteiger partial charge in [-0.15, -0.1) is 0 Å². The Labute approximate surface area is 117 Å². The third-order valence-corrected chi connectivity index (χ3v) is 4.04. The number of hydrogen-bond donors (Lipinski definition) is 1. The van der Waals surface area contributed by atoms with Gasteiger partial charge in [0.1, 0.15) is 11.4 Å². The van der Waals surface area contributed by atoms with Gasteiger partial charge in [-0.3, -0.25) is 9.52 Å². The van der Waals surface area contributed by atoms with Gasteiger partial charge in [0, 0.05) is 22.6 Å². The molecule has 1 aromatic carbocycles. The van der Waals surface area contributed by atoms with Crippen molar-refractivity contribution in [3.05, 3.63) is 29.3 Å². The Morgan fingerprint density at radius 3 is 2.50 bits per heavy atom. The molecule has 0 aromatic heterocycles. The lowest BCUT2D eigenvalue weighted by molar-refractivity contribution is 0.109. The number of hydrogen-bond acceptors (Lipinski definition) is 3. The highest BCUT2D eigenvalue weighted by Crippen LogP contribution is 2.24. The number of carbonyl (C=O) groups excluding carboxylic acids is 1. The molecule has 1 rings (SSSR count). The molecule has 0 unspecified atom stereocenters. The summed E-state index contributed by atoms with van der Waals surface area (Å²) < 4.78 is 51.1. The fourth-order valence-corrected chi connectivity index (χ4v) is 2.93. The first kappa shape index (κ1) is 15.3. The van der Waals surface area contributed by atoms with Crippen LogP contribution in [-0.2, 0) is 10.0 Å². The van der Waals surface area contributed by atoms with E-state index in [9.17, 15) is 22.0 Å². The summed E-state index contributed by atoms with van der Waals surface area (Å²) in [5.41, 5.74) is -1.18. The van der Waals surface area contributed by atoms with Gasteiger partial charge in [0.2, 0.25) is 13.8 Å². The lowest BCUT2D eigenvalue weighted by Crippen LogP contribution is -2.18. The number of carbonyl (C=O) groups is 1. The van der Waals surface area contributed by atoms with Gasteiger partial charge >= 0.3 is 0 Å². The molecule has 0 amide bonds. The monoisotopic (exact) mass is 389 g/mol. The zero-order valence-electron chi connectivity index (χ0n) is 9.34. The molecular formula is C10H10F2INO3S. The van der Waals surface area contributed by atoms with Crippen molar-refractivity contribution in [3.8, 4) is 0 Å². The second-order valence-electron chi connectivity index (χ2n) is 3.48. The normalized spacial score (nSPS) is 11.3. The first-order chi connectivity index (χ1) is 8.28. The standard InChI is InChI=1S/C10H10F2INO3S/c1-2-5-18(16,17)14-7-4-3-6(11)8(9(7)12)10(13)15/h3-4,14H,2,5H2,1H3. The maximum absolute atomic E-state index is 13.8. The Morgan fingerprint density at radius 1 is 1.39 bits per heavy atom. The van der Waals surface area contributed by atoms with Crippen molar-refractivity contribution in [2.75, 3.05) is 10.5 Å². The molecule has 0 atom stereocenters. The Morgan fingerprint density at radius 2 is 2.00 bits per heavy atom. The van der Waals surface area contributed by atoms with Crippen molar-refractivity contribution in [2.24, 2.45) is 0 Å². The van der Waals surface area contributed by atoms with E-state index in [0.29, 0.717) is 6.42 Å². The first-order valence-electron chi connectivity index (χ1n) is 4.96. The van der Waals surface area contributed by atoms with Crippen LogP contribution >= 0.6 is 22.6 Å². The van der Waals surface area contributed by atoms with Crippen molar-refractivity contribution in [2.45, 2.75) is 13.3 Å². The van der Waals surface area contributed by atoms with Crippen LogP contribution in [0.15, 0.2) is 12.1 Å². The number of rotatable bonds is 5. The van der Waals surface area contributed by atoms with E-state index in [0.717, 1.165) is 12.1 Å². The molecule has 0 bridgehead atoms. The van der Waals surface area contributed by atoms with Crippen molar-refractivity contribution in [3.63, 3.8) is 0 Å². The molecule has 1 N–H and O–H groups in total. The molecule has 0 aliphatic heterocycles. The van der Waals surface area contributed by atoms with Crippen LogP contribution < -0.4 is 4.72 Å². The van der Waals surface area contributed by atoms with E-state index in [-0.39, 0.29) is 5.75 Å². The fraction of sp³-hybridized carbons (Fsp3) is 0.300. The molecule has 0 spiro atoms. The Kier molecular flexibility index (Phi) is 5.02. The van der Waals surface area contributed by atoms with Crippen LogP contribution in [-0.4, -0.2) is 18.0 Å². The molecule has 0 heterocycles. The number of benzene rings is 1. The molecule has 4 nitrogen and oxygen atoms in total. The summed E-state index contributed by atoms with van der Waals surface area (Å²) in [6.45, 7) is 1.65. The molecule has 0 saturated heterocycles. The Bertz CT molecular complexity index is 575. The van der Waals surface area contributed by atoms with Crippen LogP contribution in [0.5, 0.6) is 0 Å². The van der Waals surface area contributed by atoms with Gasteiger partial charge in [-0.2, -0.15) is 0 Å². The molecule has 18 heavy (non-hydrogen) atoms. The summed E-state index contributed by atoms with van der Waals surface area (Å²) in [6.07, 6.45) is 0.357. The van der Waals surface area contributed by atoms with Crippen LogP contribution in [0.1, 0.15) is 23.7 Å². The second kappa shape index (κ2) is 5.91. The molecule has 100 valence electrons. The molecular weight excluding hydrogens is 379 g/mol.